The smallest absolute Gasteiger partial charge is 0.132 e. The molecule has 0 bridgehead atoms. The molecule has 0 N–H and O–H groups in total. The zero-order valence-electron chi connectivity index (χ0n) is 12.0. The Morgan fingerprint density at radius 3 is 2.71 bits per heavy atom. The normalized spacial score (nSPS) is 12.8. The monoisotopic (exact) mass is 302 g/mol. The average Bonchev–Trinajstić information content (AvgIpc) is 2.85. The first kappa shape index (κ1) is 14.1. The van der Waals surface area contributed by atoms with Crippen molar-refractivity contribution in [3.63, 3.8) is 0 Å². The van der Waals surface area contributed by atoms with E-state index in [-0.39, 0.29) is 11.2 Å². The number of benzene rings is 2. The molecule has 0 aliphatic heterocycles. The minimum Gasteiger partial charge on any atom is -0.295 e. The molecule has 0 saturated carbocycles. The number of fused-ring (bicyclic) bond motifs is 1. The molecule has 1 atom stereocenters. The molecule has 3 rings (SSSR count). The zero-order chi connectivity index (χ0) is 15.0. The van der Waals surface area contributed by atoms with Gasteiger partial charge in [-0.05, 0) is 37.1 Å². The minimum absolute atomic E-state index is 0.259. The van der Waals surface area contributed by atoms with Gasteiger partial charge in [0, 0.05) is 6.07 Å². The van der Waals surface area contributed by atoms with E-state index < -0.39 is 0 Å². The fourth-order valence-corrected chi connectivity index (χ4v) is 2.77. The third-order valence-electron chi connectivity index (χ3n) is 3.61. The lowest BCUT2D eigenvalue weighted by Crippen LogP contribution is -2.04. The van der Waals surface area contributed by atoms with Crippen LogP contribution in [0.5, 0.6) is 0 Å². The van der Waals surface area contributed by atoms with Gasteiger partial charge in [0.2, 0.25) is 0 Å². The molecule has 3 aromatic rings. The van der Waals surface area contributed by atoms with Crippen LogP contribution in [-0.2, 0) is 6.42 Å². The Bertz CT molecular complexity index is 793. The van der Waals surface area contributed by atoms with Crippen LogP contribution in [0.25, 0.3) is 16.7 Å². The Balaban J connectivity index is 2.37. The highest BCUT2D eigenvalue weighted by Crippen LogP contribution is 2.30. The summed E-state index contributed by atoms with van der Waals surface area (Å²) in [6, 6.07) is 12.8. The largest absolute Gasteiger partial charge is 0.295 e. The van der Waals surface area contributed by atoms with E-state index in [9.17, 15) is 4.39 Å². The third kappa shape index (κ3) is 2.42. The number of para-hydroxylation sites is 1. The van der Waals surface area contributed by atoms with Gasteiger partial charge in [-0.15, -0.1) is 11.6 Å². The van der Waals surface area contributed by atoms with Gasteiger partial charge in [0.15, 0.2) is 0 Å². The predicted molar refractivity (Wildman–Crippen MR) is 84.7 cm³/mol. The Morgan fingerprint density at radius 2 is 2.00 bits per heavy atom. The van der Waals surface area contributed by atoms with E-state index >= 15 is 0 Å². The lowest BCUT2D eigenvalue weighted by atomic mass is 10.1. The molecule has 0 spiro atoms. The number of nitrogens with zero attached hydrogens (tertiary/aromatic N) is 2. The van der Waals surface area contributed by atoms with Gasteiger partial charge >= 0.3 is 0 Å². The molecular weight excluding hydrogens is 287 g/mol. The molecule has 21 heavy (non-hydrogen) atoms. The van der Waals surface area contributed by atoms with Crippen LogP contribution in [0.2, 0.25) is 0 Å². The number of rotatable bonds is 3. The van der Waals surface area contributed by atoms with Crippen LogP contribution < -0.4 is 0 Å². The van der Waals surface area contributed by atoms with E-state index in [0.717, 1.165) is 23.4 Å². The maximum atomic E-state index is 13.4. The standard InChI is InChI=1S/C17H16ClFN2/c1-3-12-6-4-5-7-15(12)21-16-9-8-13(19)10-14(16)20-17(21)11(2)18/h4-11H,3H2,1-2H3. The van der Waals surface area contributed by atoms with Gasteiger partial charge in [0.05, 0.1) is 22.1 Å². The fraction of sp³-hybridized carbons (Fsp3) is 0.235. The molecular formula is C17H16ClFN2. The Labute approximate surface area is 128 Å². The second-order valence-electron chi connectivity index (χ2n) is 5.04. The van der Waals surface area contributed by atoms with Crippen LogP contribution in [0.3, 0.4) is 0 Å². The van der Waals surface area contributed by atoms with Crippen molar-refractivity contribution in [1.29, 1.82) is 0 Å². The third-order valence-corrected chi connectivity index (χ3v) is 3.81. The number of halogens is 2. The van der Waals surface area contributed by atoms with Crippen LogP contribution in [0.15, 0.2) is 42.5 Å². The lowest BCUT2D eigenvalue weighted by molar-refractivity contribution is 0.629. The summed E-state index contributed by atoms with van der Waals surface area (Å²) >= 11 is 6.29. The van der Waals surface area contributed by atoms with Crippen molar-refractivity contribution < 1.29 is 4.39 Å². The molecule has 4 heteroatoms. The molecule has 0 aliphatic carbocycles. The van der Waals surface area contributed by atoms with Gasteiger partial charge in [-0.3, -0.25) is 4.57 Å². The van der Waals surface area contributed by atoms with Crippen LogP contribution in [-0.4, -0.2) is 9.55 Å². The maximum Gasteiger partial charge on any atom is 0.132 e. The summed E-state index contributed by atoms with van der Waals surface area (Å²) in [4.78, 5) is 4.52. The summed E-state index contributed by atoms with van der Waals surface area (Å²) in [5.74, 6) is 0.447. The summed E-state index contributed by atoms with van der Waals surface area (Å²) in [5.41, 5.74) is 3.76. The SMILES string of the molecule is CCc1ccccc1-n1c(C(C)Cl)nc2cc(F)ccc21. The van der Waals surface area contributed by atoms with E-state index in [2.05, 4.69) is 18.0 Å². The Hall–Kier alpha value is -1.87. The second-order valence-corrected chi connectivity index (χ2v) is 5.69. The van der Waals surface area contributed by atoms with E-state index in [1.54, 1.807) is 6.07 Å². The molecule has 0 radical (unpaired) electrons. The summed E-state index contributed by atoms with van der Waals surface area (Å²) in [5, 5.41) is -0.259. The van der Waals surface area contributed by atoms with E-state index in [0.29, 0.717) is 5.52 Å². The van der Waals surface area contributed by atoms with E-state index in [4.69, 9.17) is 11.6 Å². The highest BCUT2D eigenvalue weighted by atomic mass is 35.5. The second kappa shape index (κ2) is 5.49. The first-order valence-electron chi connectivity index (χ1n) is 7.02. The summed E-state index contributed by atoms with van der Waals surface area (Å²) in [6.45, 7) is 3.99. The average molecular weight is 303 g/mol. The number of aromatic nitrogens is 2. The number of imidazole rings is 1. The maximum absolute atomic E-state index is 13.4. The van der Waals surface area contributed by atoms with Crippen molar-refractivity contribution in [3.05, 3.63) is 59.7 Å². The van der Waals surface area contributed by atoms with Crippen LogP contribution in [0.1, 0.15) is 30.6 Å². The summed E-state index contributed by atoms with van der Waals surface area (Å²) < 4.78 is 15.5. The number of hydrogen-bond acceptors (Lipinski definition) is 1. The van der Waals surface area contributed by atoms with Crippen molar-refractivity contribution in [3.8, 4) is 5.69 Å². The van der Waals surface area contributed by atoms with Gasteiger partial charge in [0.25, 0.3) is 0 Å². The van der Waals surface area contributed by atoms with Crippen molar-refractivity contribution in [1.82, 2.24) is 9.55 Å². The predicted octanol–water partition coefficient (Wildman–Crippen LogP) is 5.03. The Kier molecular flexibility index (Phi) is 3.68. The van der Waals surface area contributed by atoms with E-state index in [1.165, 1.54) is 17.7 Å². The topological polar surface area (TPSA) is 17.8 Å². The summed E-state index contributed by atoms with van der Waals surface area (Å²) in [7, 11) is 0. The minimum atomic E-state index is -0.287. The Morgan fingerprint density at radius 1 is 1.24 bits per heavy atom. The van der Waals surface area contributed by atoms with Crippen LogP contribution in [0, 0.1) is 5.82 Å². The van der Waals surface area contributed by atoms with Crippen molar-refractivity contribution >= 4 is 22.6 Å². The lowest BCUT2D eigenvalue weighted by Gasteiger charge is -2.14. The molecule has 2 aromatic carbocycles. The van der Waals surface area contributed by atoms with Crippen molar-refractivity contribution in [2.45, 2.75) is 25.6 Å². The molecule has 0 saturated heterocycles. The molecule has 1 aromatic heterocycles. The highest BCUT2D eigenvalue weighted by Gasteiger charge is 2.18. The molecule has 108 valence electrons. The van der Waals surface area contributed by atoms with Crippen LogP contribution >= 0.6 is 11.6 Å². The molecule has 2 nitrogen and oxygen atoms in total. The van der Waals surface area contributed by atoms with E-state index in [1.807, 2.05) is 29.7 Å². The zero-order valence-corrected chi connectivity index (χ0v) is 12.7. The highest BCUT2D eigenvalue weighted by molar-refractivity contribution is 6.20. The molecule has 1 heterocycles. The molecule has 0 fully saturated rings. The first-order chi connectivity index (χ1) is 10.1. The van der Waals surface area contributed by atoms with Gasteiger partial charge in [-0.1, -0.05) is 25.1 Å². The van der Waals surface area contributed by atoms with Crippen molar-refractivity contribution in [2.24, 2.45) is 0 Å². The quantitative estimate of drug-likeness (QED) is 0.621. The first-order valence-corrected chi connectivity index (χ1v) is 7.45. The van der Waals surface area contributed by atoms with Gasteiger partial charge < -0.3 is 0 Å². The van der Waals surface area contributed by atoms with Gasteiger partial charge in [-0.25, -0.2) is 9.37 Å². The number of alkyl halides is 1. The molecule has 0 amide bonds. The summed E-state index contributed by atoms with van der Waals surface area (Å²) in [6.07, 6.45) is 0.910. The van der Waals surface area contributed by atoms with Crippen molar-refractivity contribution in [2.75, 3.05) is 0 Å². The fourth-order valence-electron chi connectivity index (χ4n) is 2.62. The molecule has 0 aliphatic rings. The van der Waals surface area contributed by atoms with Gasteiger partial charge in [0.1, 0.15) is 11.6 Å². The number of aryl methyl sites for hydroxylation is 1. The van der Waals surface area contributed by atoms with Gasteiger partial charge in [-0.2, -0.15) is 0 Å². The van der Waals surface area contributed by atoms with Crippen LogP contribution in [0.4, 0.5) is 4.39 Å². The number of hydrogen-bond donors (Lipinski definition) is 0. The molecule has 1 unspecified atom stereocenters.